The number of benzene rings is 2. The van der Waals surface area contributed by atoms with Crippen LogP contribution in [0.5, 0.6) is 5.75 Å². The normalized spacial score (nSPS) is 10.5. The van der Waals surface area contributed by atoms with Crippen molar-refractivity contribution >= 4 is 16.7 Å². The van der Waals surface area contributed by atoms with E-state index in [0.717, 1.165) is 6.07 Å². The zero-order chi connectivity index (χ0) is 21.7. The van der Waals surface area contributed by atoms with Crippen LogP contribution in [0, 0.1) is 11.6 Å². The number of fused-ring (bicyclic) bond motifs is 1. The first kappa shape index (κ1) is 26.2. The molecule has 0 unspecified atom stereocenters. The average Bonchev–Trinajstić information content (AvgIpc) is 2.61. The fraction of sp³-hybridized carbons (Fsp3) is 0.286. The van der Waals surface area contributed by atoms with Crippen molar-refractivity contribution in [2.24, 2.45) is 0 Å². The summed E-state index contributed by atoms with van der Waals surface area (Å²) in [4.78, 5) is 14.3. The molecule has 0 atom stereocenters. The number of phenols is 1. The molecule has 0 amide bonds. The van der Waals surface area contributed by atoms with E-state index >= 15 is 0 Å². The molecular weight excluding hydrogens is 469 g/mol. The van der Waals surface area contributed by atoms with Gasteiger partial charge < -0.3 is 25.5 Å². The Morgan fingerprint density at radius 1 is 1.17 bits per heavy atom. The first-order valence-electron chi connectivity index (χ1n) is 8.82. The van der Waals surface area contributed by atoms with Crippen LogP contribution in [0.4, 0.5) is 14.5 Å². The molecule has 1 aromatic heterocycles. The zero-order valence-corrected chi connectivity index (χ0v) is 20.2. The minimum absolute atomic E-state index is 0. The van der Waals surface area contributed by atoms with E-state index < -0.39 is 17.3 Å². The fourth-order valence-corrected chi connectivity index (χ4v) is 2.97. The first-order chi connectivity index (χ1) is 13.7. The minimum Gasteiger partial charge on any atom is -0.668 e. The Labute approximate surface area is 198 Å². The molecule has 0 bridgehead atoms. The van der Waals surface area contributed by atoms with E-state index in [1.54, 1.807) is 39.2 Å². The quantitative estimate of drug-likeness (QED) is 0.428. The van der Waals surface area contributed by atoms with Gasteiger partial charge in [0.2, 0.25) is 0 Å². The molecule has 0 fully saturated rings. The molecule has 3 rings (SSSR count). The number of aromatic hydroxyl groups is 1. The molecule has 1 heterocycles. The van der Waals surface area contributed by atoms with Crippen LogP contribution < -0.4 is 11.4 Å². The van der Waals surface area contributed by atoms with Crippen LogP contribution >= 0.6 is 0 Å². The maximum atomic E-state index is 14.5. The van der Waals surface area contributed by atoms with Gasteiger partial charge in [-0.05, 0) is 31.3 Å². The molecule has 2 aromatic carbocycles. The van der Waals surface area contributed by atoms with Gasteiger partial charge in [0, 0.05) is 63.4 Å². The van der Waals surface area contributed by atoms with Gasteiger partial charge in [0.25, 0.3) is 0 Å². The third kappa shape index (κ3) is 6.07. The summed E-state index contributed by atoms with van der Waals surface area (Å²) < 4.78 is 34.0. The van der Waals surface area contributed by atoms with Gasteiger partial charge in [-0.1, -0.05) is 12.1 Å². The second-order valence-electron chi connectivity index (χ2n) is 6.83. The number of nitrogen functional groups attached to an aromatic ring is 1. The van der Waals surface area contributed by atoms with Crippen LogP contribution in [0.3, 0.4) is 0 Å². The number of phenolic OH excluding ortho intramolecular Hbond substituents is 1. The summed E-state index contributed by atoms with van der Waals surface area (Å²) in [6, 6.07) is 6.66. The monoisotopic (exact) mass is 493 g/mol. The Morgan fingerprint density at radius 3 is 2.40 bits per heavy atom. The third-order valence-corrected chi connectivity index (χ3v) is 4.10. The van der Waals surface area contributed by atoms with E-state index in [4.69, 9.17) is 10.2 Å². The summed E-state index contributed by atoms with van der Waals surface area (Å²) in [6.45, 7) is 0.239. The molecule has 0 saturated carbocycles. The number of anilines is 1. The van der Waals surface area contributed by atoms with Crippen LogP contribution in [0.25, 0.3) is 16.3 Å². The Kier molecular flexibility index (Phi) is 10.0. The van der Waals surface area contributed by atoms with Crippen molar-refractivity contribution in [3.8, 4) is 5.75 Å². The summed E-state index contributed by atoms with van der Waals surface area (Å²) >= 11 is 0. The number of nitrogens with zero attached hydrogens (tertiary/aromatic N) is 2. The van der Waals surface area contributed by atoms with Crippen molar-refractivity contribution < 1.29 is 51.0 Å². The topological polar surface area (TPSA) is 93.8 Å². The number of hydrogen-bond donors (Lipinski definition) is 2. The molecule has 0 saturated heterocycles. The Morgan fingerprint density at radius 2 is 1.80 bits per heavy atom. The maximum absolute atomic E-state index is 14.5. The number of halogens is 2. The summed E-state index contributed by atoms with van der Waals surface area (Å²) in [6.07, 6.45) is -0.0847. The van der Waals surface area contributed by atoms with Gasteiger partial charge in [0.15, 0.2) is 0 Å². The molecule has 0 aliphatic carbocycles. The number of hydrogen-bond acceptors (Lipinski definition) is 5. The van der Waals surface area contributed by atoms with Crippen molar-refractivity contribution in [1.29, 1.82) is 0 Å². The van der Waals surface area contributed by atoms with Crippen LogP contribution in [-0.4, -0.2) is 38.2 Å². The molecule has 1 radical (unpaired) electrons. The SMILES string of the molecule is CN(C)Cc1c(Cc2cccc(N)c2F)c(=O)oc2cc(O)cc(F)c12.C[N-]C.[Y]. The second-order valence-corrected chi connectivity index (χ2v) is 6.83. The predicted molar refractivity (Wildman–Crippen MR) is 110 cm³/mol. The molecule has 3 N–H and O–H groups in total. The van der Waals surface area contributed by atoms with Crippen molar-refractivity contribution in [2.45, 2.75) is 13.0 Å². The first-order valence-corrected chi connectivity index (χ1v) is 8.82. The van der Waals surface area contributed by atoms with Gasteiger partial charge in [0.05, 0.1) is 11.1 Å². The molecule has 0 spiro atoms. The largest absolute Gasteiger partial charge is 0.668 e. The number of rotatable bonds is 4. The molecule has 3 aromatic rings. The van der Waals surface area contributed by atoms with E-state index in [2.05, 4.69) is 5.32 Å². The minimum atomic E-state index is -0.713. The fourth-order valence-electron chi connectivity index (χ4n) is 2.97. The smallest absolute Gasteiger partial charge is 0.340 e. The predicted octanol–water partition coefficient (Wildman–Crippen LogP) is 3.63. The van der Waals surface area contributed by atoms with Gasteiger partial charge in [-0.3, -0.25) is 0 Å². The van der Waals surface area contributed by atoms with Crippen molar-refractivity contribution in [1.82, 2.24) is 4.90 Å². The summed E-state index contributed by atoms with van der Waals surface area (Å²) in [5.74, 6) is -1.67. The van der Waals surface area contributed by atoms with E-state index in [1.807, 2.05) is 0 Å². The van der Waals surface area contributed by atoms with Gasteiger partial charge in [-0.2, -0.15) is 14.1 Å². The van der Waals surface area contributed by atoms with Crippen LogP contribution in [-0.2, 0) is 45.7 Å². The molecule has 30 heavy (non-hydrogen) atoms. The Balaban J connectivity index is 0.00000106. The molecule has 0 aliphatic heterocycles. The van der Waals surface area contributed by atoms with Gasteiger partial charge in [-0.25, -0.2) is 13.6 Å². The van der Waals surface area contributed by atoms with Crippen LogP contribution in [0.2, 0.25) is 0 Å². The maximum Gasteiger partial charge on any atom is 0.340 e. The molecule has 6 nitrogen and oxygen atoms in total. The Hall–Kier alpha value is -1.87. The summed E-state index contributed by atoms with van der Waals surface area (Å²) in [5, 5.41) is 13.2. The van der Waals surface area contributed by atoms with Crippen molar-refractivity contribution in [3.05, 3.63) is 74.4 Å². The van der Waals surface area contributed by atoms with E-state index in [9.17, 15) is 18.7 Å². The standard InChI is InChI=1S/C19H18F2N2O3.C2H6N.Y/c1-23(2)9-13-12(6-10-4-3-5-15(22)18(10)21)19(25)26-16-8-11(24)7-14(20)17(13)16;1-3-2;/h3-5,7-8,24H,6,9,22H2,1-2H3;1-2H3;/q;-1;. The second kappa shape index (κ2) is 11.5. The van der Waals surface area contributed by atoms with Crippen LogP contribution in [0.15, 0.2) is 39.5 Å². The van der Waals surface area contributed by atoms with Crippen LogP contribution in [0.1, 0.15) is 16.7 Å². The average molecular weight is 493 g/mol. The van der Waals surface area contributed by atoms with Gasteiger partial charge >= 0.3 is 5.63 Å². The molecule has 0 aliphatic rings. The summed E-state index contributed by atoms with van der Waals surface area (Å²) in [7, 11) is 7.03. The van der Waals surface area contributed by atoms with E-state index in [-0.39, 0.29) is 79.2 Å². The summed E-state index contributed by atoms with van der Waals surface area (Å²) in [5.41, 5.74) is 5.56. The van der Waals surface area contributed by atoms with Gasteiger partial charge in [0.1, 0.15) is 23.0 Å². The molecular formula is C21H24F2N3O3Y-. The van der Waals surface area contributed by atoms with Crippen molar-refractivity contribution in [3.63, 3.8) is 0 Å². The Bertz CT molecular complexity index is 1070. The van der Waals surface area contributed by atoms with Crippen molar-refractivity contribution in [2.75, 3.05) is 33.9 Å². The molecule has 159 valence electrons. The molecule has 9 heteroatoms. The third-order valence-electron chi connectivity index (χ3n) is 4.10. The van der Waals surface area contributed by atoms with E-state index in [1.165, 1.54) is 18.2 Å². The van der Waals surface area contributed by atoms with Gasteiger partial charge in [-0.15, -0.1) is 0 Å². The number of nitrogens with two attached hydrogens (primary N) is 1. The van der Waals surface area contributed by atoms with E-state index in [0.29, 0.717) is 5.56 Å². The zero-order valence-electron chi connectivity index (χ0n) is 17.4.